The Hall–Kier alpha value is -0.840. The molecule has 2 aromatic rings. The Bertz CT molecular complexity index is 617. The third-order valence-corrected chi connectivity index (χ3v) is 5.00. The lowest BCUT2D eigenvalue weighted by Gasteiger charge is -2.34. The Balaban J connectivity index is 2.05. The molecule has 0 atom stereocenters. The maximum Gasteiger partial charge on any atom is 0.0994 e. The van der Waals surface area contributed by atoms with Gasteiger partial charge in [-0.25, -0.2) is 4.98 Å². The average molecular weight is 355 g/mol. The van der Waals surface area contributed by atoms with Gasteiger partial charge in [0.2, 0.25) is 0 Å². The first kappa shape index (κ1) is 14.1. The molecule has 3 nitrogen and oxygen atoms in total. The fourth-order valence-corrected chi connectivity index (χ4v) is 3.72. The topological polar surface area (TPSA) is 29.9 Å². The van der Waals surface area contributed by atoms with E-state index < -0.39 is 0 Å². The zero-order chi connectivity index (χ0) is 14.2. The highest BCUT2D eigenvalue weighted by atomic mass is 79.9. The number of nitrogens with zero attached hydrogens (tertiary/aromatic N) is 2. The number of aromatic nitrogens is 2. The van der Waals surface area contributed by atoms with Crippen molar-refractivity contribution in [3.05, 3.63) is 45.9 Å². The lowest BCUT2D eigenvalue weighted by Crippen LogP contribution is -2.38. The molecule has 106 valence electrons. The number of rotatable bonds is 2. The Morgan fingerprint density at radius 2 is 2.10 bits per heavy atom. The molecule has 0 aliphatic carbocycles. The first-order valence-corrected chi connectivity index (χ1v) is 7.96. The van der Waals surface area contributed by atoms with Crippen LogP contribution in [0.4, 0.5) is 0 Å². The highest BCUT2D eigenvalue weighted by Crippen LogP contribution is 2.35. The molecule has 1 fully saturated rings. The number of nitrogens with one attached hydrogen (secondary N) is 1. The van der Waals surface area contributed by atoms with E-state index in [0.29, 0.717) is 0 Å². The normalized spacial score (nSPS) is 18.1. The smallest absolute Gasteiger partial charge is 0.0994 e. The van der Waals surface area contributed by atoms with E-state index in [0.717, 1.165) is 41.1 Å². The quantitative estimate of drug-likeness (QED) is 0.885. The zero-order valence-corrected chi connectivity index (χ0v) is 13.7. The molecule has 3 rings (SSSR count). The van der Waals surface area contributed by atoms with Crippen LogP contribution < -0.4 is 5.32 Å². The standard InChI is InChI=1S/C15H17BrClN3/c1-15(4-6-18-7-5-15)14-9-19-10-20(14)13-3-2-11(17)8-12(13)16/h2-3,8-10,18H,4-7H2,1H3. The van der Waals surface area contributed by atoms with Gasteiger partial charge in [-0.1, -0.05) is 18.5 Å². The van der Waals surface area contributed by atoms with Crippen molar-refractivity contribution in [1.29, 1.82) is 0 Å². The summed E-state index contributed by atoms with van der Waals surface area (Å²) in [5.41, 5.74) is 2.52. The van der Waals surface area contributed by atoms with Crippen LogP contribution in [0.3, 0.4) is 0 Å². The van der Waals surface area contributed by atoms with Gasteiger partial charge in [-0.05, 0) is 60.1 Å². The van der Waals surface area contributed by atoms with Gasteiger partial charge in [0.15, 0.2) is 0 Å². The van der Waals surface area contributed by atoms with Crippen molar-refractivity contribution in [2.24, 2.45) is 0 Å². The van der Waals surface area contributed by atoms with Crippen LogP contribution in [0.2, 0.25) is 5.02 Å². The van der Waals surface area contributed by atoms with Crippen LogP contribution in [0, 0.1) is 0 Å². The molecule has 1 aliphatic heterocycles. The van der Waals surface area contributed by atoms with E-state index in [9.17, 15) is 0 Å². The summed E-state index contributed by atoms with van der Waals surface area (Å²) in [6.45, 7) is 4.44. The SMILES string of the molecule is CC1(c2cncn2-c2ccc(Cl)cc2Br)CCNCC1. The van der Waals surface area contributed by atoms with Gasteiger partial charge in [0.05, 0.1) is 12.0 Å². The summed E-state index contributed by atoms with van der Waals surface area (Å²) in [6.07, 6.45) is 6.14. The third kappa shape index (κ3) is 2.52. The molecule has 1 aromatic heterocycles. The van der Waals surface area contributed by atoms with E-state index in [1.54, 1.807) is 0 Å². The van der Waals surface area contributed by atoms with Crippen molar-refractivity contribution < 1.29 is 0 Å². The van der Waals surface area contributed by atoms with E-state index in [2.05, 4.69) is 37.7 Å². The summed E-state index contributed by atoms with van der Waals surface area (Å²) in [7, 11) is 0. The minimum Gasteiger partial charge on any atom is -0.317 e. The van der Waals surface area contributed by atoms with E-state index in [1.807, 2.05) is 30.7 Å². The van der Waals surface area contributed by atoms with Crippen molar-refractivity contribution in [1.82, 2.24) is 14.9 Å². The van der Waals surface area contributed by atoms with Crippen LogP contribution in [0.15, 0.2) is 35.2 Å². The first-order valence-electron chi connectivity index (χ1n) is 6.79. The van der Waals surface area contributed by atoms with E-state index in [-0.39, 0.29) is 5.41 Å². The Morgan fingerprint density at radius 1 is 1.35 bits per heavy atom. The van der Waals surface area contributed by atoms with E-state index in [4.69, 9.17) is 11.6 Å². The number of hydrogen-bond donors (Lipinski definition) is 1. The third-order valence-electron chi connectivity index (χ3n) is 4.13. The largest absolute Gasteiger partial charge is 0.317 e. The van der Waals surface area contributed by atoms with Gasteiger partial charge in [0.1, 0.15) is 0 Å². The van der Waals surface area contributed by atoms with Crippen LogP contribution >= 0.6 is 27.5 Å². The molecular weight excluding hydrogens is 338 g/mol. The van der Waals surface area contributed by atoms with Crippen LogP contribution in [0.1, 0.15) is 25.5 Å². The van der Waals surface area contributed by atoms with Crippen LogP contribution in [-0.2, 0) is 5.41 Å². The van der Waals surface area contributed by atoms with Gasteiger partial charge in [-0.2, -0.15) is 0 Å². The monoisotopic (exact) mass is 353 g/mol. The lowest BCUT2D eigenvalue weighted by atomic mass is 9.78. The minimum absolute atomic E-state index is 0.167. The van der Waals surface area contributed by atoms with Gasteiger partial charge in [-0.3, -0.25) is 0 Å². The number of hydrogen-bond acceptors (Lipinski definition) is 2. The van der Waals surface area contributed by atoms with Gasteiger partial charge in [0, 0.05) is 26.8 Å². The van der Waals surface area contributed by atoms with E-state index >= 15 is 0 Å². The van der Waals surface area contributed by atoms with Gasteiger partial charge >= 0.3 is 0 Å². The molecule has 1 saturated heterocycles. The van der Waals surface area contributed by atoms with Crippen molar-refractivity contribution in [2.75, 3.05) is 13.1 Å². The molecule has 0 bridgehead atoms. The fraction of sp³-hybridized carbons (Fsp3) is 0.400. The predicted molar refractivity (Wildman–Crippen MR) is 85.7 cm³/mol. The molecule has 0 radical (unpaired) electrons. The van der Waals surface area contributed by atoms with Crippen molar-refractivity contribution >= 4 is 27.5 Å². The average Bonchev–Trinajstić information content (AvgIpc) is 2.89. The Kier molecular flexibility index (Phi) is 3.89. The summed E-state index contributed by atoms with van der Waals surface area (Å²) in [4.78, 5) is 4.37. The van der Waals surface area contributed by atoms with Crippen molar-refractivity contribution in [3.8, 4) is 5.69 Å². The molecule has 5 heteroatoms. The molecule has 0 saturated carbocycles. The fourth-order valence-electron chi connectivity index (χ4n) is 2.84. The number of benzene rings is 1. The summed E-state index contributed by atoms with van der Waals surface area (Å²) in [5, 5.41) is 4.16. The Labute approximate surface area is 132 Å². The number of imidazole rings is 1. The van der Waals surface area contributed by atoms with Crippen molar-refractivity contribution in [2.45, 2.75) is 25.2 Å². The Morgan fingerprint density at radius 3 is 2.80 bits per heavy atom. The predicted octanol–water partition coefficient (Wildman–Crippen LogP) is 3.93. The molecule has 1 aromatic carbocycles. The van der Waals surface area contributed by atoms with Crippen LogP contribution in [-0.4, -0.2) is 22.6 Å². The molecule has 1 N–H and O–H groups in total. The lowest BCUT2D eigenvalue weighted by molar-refractivity contribution is 0.324. The summed E-state index contributed by atoms with van der Waals surface area (Å²) in [6, 6.07) is 5.86. The number of halogens is 2. The molecule has 2 heterocycles. The summed E-state index contributed by atoms with van der Waals surface area (Å²) < 4.78 is 3.16. The molecule has 0 unspecified atom stereocenters. The van der Waals surface area contributed by atoms with Gasteiger partial charge in [-0.15, -0.1) is 0 Å². The second kappa shape index (κ2) is 5.51. The molecule has 0 spiro atoms. The summed E-state index contributed by atoms with van der Waals surface area (Å²) >= 11 is 9.63. The second-order valence-electron chi connectivity index (χ2n) is 5.56. The molecule has 0 amide bonds. The van der Waals surface area contributed by atoms with Gasteiger partial charge in [0.25, 0.3) is 0 Å². The summed E-state index contributed by atoms with van der Waals surface area (Å²) in [5.74, 6) is 0. The molecule has 1 aliphatic rings. The van der Waals surface area contributed by atoms with Crippen LogP contribution in [0.25, 0.3) is 5.69 Å². The zero-order valence-electron chi connectivity index (χ0n) is 11.4. The van der Waals surface area contributed by atoms with Crippen LogP contribution in [0.5, 0.6) is 0 Å². The highest BCUT2D eigenvalue weighted by molar-refractivity contribution is 9.10. The second-order valence-corrected chi connectivity index (χ2v) is 6.85. The van der Waals surface area contributed by atoms with Crippen molar-refractivity contribution in [3.63, 3.8) is 0 Å². The minimum atomic E-state index is 0.167. The maximum atomic E-state index is 6.03. The molecular formula is C15H17BrClN3. The molecule has 20 heavy (non-hydrogen) atoms. The maximum absolute atomic E-state index is 6.03. The first-order chi connectivity index (χ1) is 9.60. The van der Waals surface area contributed by atoms with E-state index in [1.165, 1.54) is 5.69 Å². The van der Waals surface area contributed by atoms with Gasteiger partial charge < -0.3 is 9.88 Å². The number of piperidine rings is 1. The highest BCUT2D eigenvalue weighted by Gasteiger charge is 2.32.